The lowest BCUT2D eigenvalue weighted by Crippen LogP contribution is -2.29. The first-order valence-corrected chi connectivity index (χ1v) is 16.7. The maximum Gasteiger partial charge on any atom is 0.284 e. The second-order valence-electron chi connectivity index (χ2n) is 9.91. The Morgan fingerprint density at radius 1 is 0.609 bits per heavy atom. The number of amidine groups is 2. The molecule has 0 atom stereocenters. The normalized spacial score (nSPS) is 17.0. The Bertz CT molecular complexity index is 1840. The lowest BCUT2D eigenvalue weighted by atomic mass is 10.2. The number of hydrazone groups is 2. The third kappa shape index (κ3) is 5.02. The van der Waals surface area contributed by atoms with Crippen molar-refractivity contribution in [2.75, 3.05) is 10.0 Å². The van der Waals surface area contributed by atoms with Crippen molar-refractivity contribution in [2.24, 2.45) is 10.2 Å². The molecule has 0 spiro atoms. The summed E-state index contributed by atoms with van der Waals surface area (Å²) in [5.74, 6) is -1.97. The van der Waals surface area contributed by atoms with Gasteiger partial charge in [0, 0.05) is 13.8 Å². The highest BCUT2D eigenvalue weighted by molar-refractivity contribution is 8.26. The molecule has 0 bridgehead atoms. The van der Waals surface area contributed by atoms with Crippen LogP contribution < -0.4 is 20.7 Å². The van der Waals surface area contributed by atoms with Crippen molar-refractivity contribution in [2.45, 2.75) is 33.4 Å². The largest absolute Gasteiger partial charge is 0.505 e. The molecule has 7 rings (SSSR count). The number of nitrogens with zero attached hydrogens (tertiary/aromatic N) is 4. The van der Waals surface area contributed by atoms with Crippen molar-refractivity contribution in [1.82, 2.24) is 10.6 Å². The van der Waals surface area contributed by atoms with Crippen LogP contribution in [0.25, 0.3) is 0 Å². The van der Waals surface area contributed by atoms with Crippen molar-refractivity contribution in [3.63, 3.8) is 0 Å². The van der Waals surface area contributed by atoms with E-state index in [2.05, 4.69) is 20.8 Å². The van der Waals surface area contributed by atoms with Gasteiger partial charge in [-0.2, -0.15) is 10.0 Å². The van der Waals surface area contributed by atoms with Crippen LogP contribution in [0.2, 0.25) is 0 Å². The number of anilines is 2. The second kappa shape index (κ2) is 11.6. The van der Waals surface area contributed by atoms with Gasteiger partial charge in [0.05, 0.1) is 39.4 Å². The molecule has 0 saturated heterocycles. The van der Waals surface area contributed by atoms with Gasteiger partial charge in [0.25, 0.3) is 11.8 Å². The van der Waals surface area contributed by atoms with E-state index in [1.54, 1.807) is 60.7 Å². The SMILES string of the molecule is CC(=O)NC1=NN(c2ccccc2)C(=O)C1=C1Sc2c(O)c3c(c(O)c2S1)SC(=C1C(=O)N(c2ccccc2)N=C1NC(C)=O)S3. The first kappa shape index (κ1) is 30.0. The van der Waals surface area contributed by atoms with Gasteiger partial charge in [-0.1, -0.05) is 83.4 Å². The Balaban J connectivity index is 1.25. The zero-order chi connectivity index (χ0) is 32.3. The molecule has 0 unspecified atom stereocenters. The van der Waals surface area contributed by atoms with E-state index in [9.17, 15) is 29.4 Å². The molecule has 3 aromatic carbocycles. The Kier molecular flexibility index (Phi) is 7.59. The number of phenolic OH excluding ortho intramolecular Hbond substituents is 2. The minimum Gasteiger partial charge on any atom is -0.505 e. The zero-order valence-electron chi connectivity index (χ0n) is 23.7. The van der Waals surface area contributed by atoms with Crippen molar-refractivity contribution < 1.29 is 29.4 Å². The van der Waals surface area contributed by atoms with Crippen molar-refractivity contribution in [3.8, 4) is 11.5 Å². The number of amides is 4. The monoisotopic (exact) mass is 688 g/mol. The number of hydrogen-bond acceptors (Lipinski definition) is 12. The Morgan fingerprint density at radius 2 is 0.935 bits per heavy atom. The van der Waals surface area contributed by atoms with E-state index in [-0.39, 0.29) is 34.3 Å². The summed E-state index contributed by atoms with van der Waals surface area (Å²) < 4.78 is 0.830. The predicted molar refractivity (Wildman–Crippen MR) is 178 cm³/mol. The lowest BCUT2D eigenvalue weighted by molar-refractivity contribution is -0.118. The molecule has 3 aromatic rings. The molecular weight excluding hydrogens is 669 g/mol. The van der Waals surface area contributed by atoms with Crippen LogP contribution in [0.4, 0.5) is 11.4 Å². The second-order valence-corrected chi connectivity index (χ2v) is 14.5. The maximum absolute atomic E-state index is 13.6. The van der Waals surface area contributed by atoms with Gasteiger partial charge in [-0.15, -0.1) is 10.2 Å². The third-order valence-corrected chi connectivity index (χ3v) is 12.0. The van der Waals surface area contributed by atoms with E-state index in [1.165, 1.54) is 23.9 Å². The predicted octanol–water partition coefficient (Wildman–Crippen LogP) is 4.91. The van der Waals surface area contributed by atoms with Gasteiger partial charge in [-0.25, -0.2) is 0 Å². The van der Waals surface area contributed by atoms with Gasteiger partial charge in [-0.3, -0.25) is 19.2 Å². The summed E-state index contributed by atoms with van der Waals surface area (Å²) >= 11 is 4.28. The summed E-state index contributed by atoms with van der Waals surface area (Å²) in [4.78, 5) is 52.5. The molecule has 12 nitrogen and oxygen atoms in total. The van der Waals surface area contributed by atoms with Crippen molar-refractivity contribution >= 4 is 93.7 Å². The van der Waals surface area contributed by atoms with E-state index in [4.69, 9.17) is 0 Å². The number of hydrogen-bond donors (Lipinski definition) is 4. The van der Waals surface area contributed by atoms with Gasteiger partial charge >= 0.3 is 0 Å². The van der Waals surface area contributed by atoms with Crippen LogP contribution in [0.3, 0.4) is 0 Å². The number of nitrogens with one attached hydrogen (secondary N) is 2. The van der Waals surface area contributed by atoms with Gasteiger partial charge < -0.3 is 20.8 Å². The Labute approximate surface area is 278 Å². The van der Waals surface area contributed by atoms with Crippen molar-refractivity contribution in [3.05, 3.63) is 80.3 Å². The van der Waals surface area contributed by atoms with Crippen LogP contribution in [-0.2, 0) is 19.2 Å². The topological polar surface area (TPSA) is 164 Å². The van der Waals surface area contributed by atoms with Crippen LogP contribution in [0.15, 0.2) is 110 Å². The molecule has 16 heteroatoms. The first-order chi connectivity index (χ1) is 22.1. The summed E-state index contributed by atoms with van der Waals surface area (Å²) in [6, 6.07) is 17.5. The number of thioether (sulfide) groups is 4. The molecule has 4 N–H and O–H groups in total. The molecule has 4 aliphatic heterocycles. The van der Waals surface area contributed by atoms with Crippen molar-refractivity contribution in [1.29, 1.82) is 0 Å². The fraction of sp³-hybridized carbons (Fsp3) is 0.0667. The summed E-state index contributed by atoms with van der Waals surface area (Å²) in [6.45, 7) is 2.62. The molecule has 0 aliphatic carbocycles. The number of benzene rings is 3. The molecule has 0 saturated carbocycles. The van der Waals surface area contributed by atoms with Gasteiger partial charge in [-0.05, 0) is 24.3 Å². The molecule has 46 heavy (non-hydrogen) atoms. The highest BCUT2D eigenvalue weighted by Crippen LogP contribution is 2.68. The molecule has 4 aliphatic rings. The highest BCUT2D eigenvalue weighted by atomic mass is 32.2. The number of para-hydroxylation sites is 2. The molecule has 0 aromatic heterocycles. The van der Waals surface area contributed by atoms with E-state index < -0.39 is 23.6 Å². The highest BCUT2D eigenvalue weighted by Gasteiger charge is 2.43. The fourth-order valence-corrected chi connectivity index (χ4v) is 10.2. The number of carbonyl (C=O) groups is 4. The summed E-state index contributed by atoms with van der Waals surface area (Å²) in [6.07, 6.45) is 0. The van der Waals surface area contributed by atoms with Crippen LogP contribution in [0, 0.1) is 0 Å². The van der Waals surface area contributed by atoms with E-state index >= 15 is 0 Å². The molecule has 4 heterocycles. The van der Waals surface area contributed by atoms with Gasteiger partial charge in [0.15, 0.2) is 11.7 Å². The summed E-state index contributed by atoms with van der Waals surface area (Å²) in [7, 11) is 0. The number of aromatic hydroxyl groups is 2. The smallest absolute Gasteiger partial charge is 0.284 e. The third-order valence-electron chi connectivity index (χ3n) is 6.74. The minimum atomic E-state index is -0.479. The van der Waals surface area contributed by atoms with Crippen LogP contribution in [0.5, 0.6) is 11.5 Å². The molecule has 4 amide bonds. The molecule has 230 valence electrons. The average molecular weight is 689 g/mol. The fourth-order valence-electron chi connectivity index (χ4n) is 4.80. The number of carbonyl (C=O) groups excluding carboxylic acids is 4. The molecular formula is C30H20N6O6S4. The van der Waals surface area contributed by atoms with E-state index in [0.717, 1.165) is 47.0 Å². The number of phenols is 2. The number of rotatable bonds is 2. The van der Waals surface area contributed by atoms with Gasteiger partial charge in [0.1, 0.15) is 22.6 Å². The van der Waals surface area contributed by atoms with Crippen LogP contribution in [0.1, 0.15) is 13.8 Å². The summed E-state index contributed by atoms with van der Waals surface area (Å²) in [5, 5.41) is 39.3. The lowest BCUT2D eigenvalue weighted by Gasteiger charge is -2.11. The first-order valence-electron chi connectivity index (χ1n) is 13.5. The maximum atomic E-state index is 13.6. The summed E-state index contributed by atoms with van der Waals surface area (Å²) in [5.41, 5.74) is 1.26. The Hall–Kier alpha value is -4.64. The van der Waals surface area contributed by atoms with E-state index in [0.29, 0.717) is 39.4 Å². The molecule has 0 radical (unpaired) electrons. The zero-order valence-corrected chi connectivity index (χ0v) is 27.0. The standard InChI is InChI=1S/C30H20N6O6S4/c1-13(37)31-25-17(27(41)35(33-25)15-9-5-3-6-10-15)29-43-21-19(39)23-24(20(40)22(21)44-29)46-30(45-23)18-26(32-14(2)38)34-36(28(18)42)16-11-7-4-8-12-16/h3-12,39-40H,1-2H3,(H,31,33,37)(H,32,34,38). The number of fused-ring (bicyclic) bond motifs is 2. The van der Waals surface area contributed by atoms with Gasteiger partial charge in [0.2, 0.25) is 11.8 Å². The van der Waals surface area contributed by atoms with Crippen LogP contribution in [-0.4, -0.2) is 45.5 Å². The molecule has 0 fully saturated rings. The minimum absolute atomic E-state index is 0.0546. The quantitative estimate of drug-likeness (QED) is 0.215. The van der Waals surface area contributed by atoms with E-state index in [1.807, 2.05) is 0 Å². The Morgan fingerprint density at radius 3 is 1.24 bits per heavy atom. The van der Waals surface area contributed by atoms with Crippen LogP contribution >= 0.6 is 47.0 Å². The average Bonchev–Trinajstić information content (AvgIpc) is 3.80.